The van der Waals surface area contributed by atoms with Crippen LogP contribution < -0.4 is 0 Å². The molecule has 3 rings (SSSR count). The summed E-state index contributed by atoms with van der Waals surface area (Å²) in [6.45, 7) is 1.54. The number of hydrogen-bond donors (Lipinski definition) is 0. The fourth-order valence-corrected chi connectivity index (χ4v) is 2.55. The SMILES string of the molecule is O=C(c1cccc(F)c1)N1CCC(=C2CC2)CC1. The van der Waals surface area contributed by atoms with E-state index < -0.39 is 0 Å². The van der Waals surface area contributed by atoms with Gasteiger partial charge in [-0.05, 0) is 43.9 Å². The number of benzene rings is 1. The number of piperidine rings is 1. The van der Waals surface area contributed by atoms with Crippen molar-refractivity contribution in [1.29, 1.82) is 0 Å². The van der Waals surface area contributed by atoms with E-state index in [-0.39, 0.29) is 11.7 Å². The summed E-state index contributed by atoms with van der Waals surface area (Å²) in [7, 11) is 0. The van der Waals surface area contributed by atoms with Crippen LogP contribution in [-0.4, -0.2) is 23.9 Å². The van der Waals surface area contributed by atoms with E-state index in [4.69, 9.17) is 0 Å². The van der Waals surface area contributed by atoms with Crippen LogP contribution in [0.15, 0.2) is 35.4 Å². The lowest BCUT2D eigenvalue weighted by atomic mass is 10.0. The number of allylic oxidation sites excluding steroid dienone is 1. The monoisotopic (exact) mass is 245 g/mol. The highest BCUT2D eigenvalue weighted by Gasteiger charge is 2.24. The minimum atomic E-state index is -0.348. The van der Waals surface area contributed by atoms with Gasteiger partial charge in [-0.1, -0.05) is 17.2 Å². The van der Waals surface area contributed by atoms with Gasteiger partial charge in [0, 0.05) is 18.7 Å². The van der Waals surface area contributed by atoms with Crippen LogP contribution in [0.25, 0.3) is 0 Å². The lowest BCUT2D eigenvalue weighted by Crippen LogP contribution is -2.36. The topological polar surface area (TPSA) is 20.3 Å². The fraction of sp³-hybridized carbons (Fsp3) is 0.400. The number of hydrogen-bond acceptors (Lipinski definition) is 1. The van der Waals surface area contributed by atoms with E-state index in [2.05, 4.69) is 0 Å². The molecular formula is C15H16FNO. The second-order valence-corrected chi connectivity index (χ2v) is 5.01. The number of amides is 1. The third-order valence-electron chi connectivity index (χ3n) is 3.73. The van der Waals surface area contributed by atoms with Crippen molar-refractivity contribution < 1.29 is 9.18 Å². The van der Waals surface area contributed by atoms with Crippen LogP contribution in [0.3, 0.4) is 0 Å². The highest BCUT2D eigenvalue weighted by molar-refractivity contribution is 5.94. The maximum Gasteiger partial charge on any atom is 0.253 e. The summed E-state index contributed by atoms with van der Waals surface area (Å²) in [5.74, 6) is -0.395. The third kappa shape index (κ3) is 2.30. The van der Waals surface area contributed by atoms with Crippen molar-refractivity contribution in [3.63, 3.8) is 0 Å². The molecule has 1 aromatic carbocycles. The summed E-state index contributed by atoms with van der Waals surface area (Å²) in [5, 5.41) is 0. The van der Waals surface area contributed by atoms with Gasteiger partial charge in [0.1, 0.15) is 5.82 Å². The first-order valence-corrected chi connectivity index (χ1v) is 6.48. The molecule has 18 heavy (non-hydrogen) atoms. The molecule has 1 aliphatic carbocycles. The Morgan fingerprint density at radius 2 is 1.72 bits per heavy atom. The minimum absolute atomic E-state index is 0.0469. The third-order valence-corrected chi connectivity index (χ3v) is 3.73. The Bertz CT molecular complexity index is 505. The van der Waals surface area contributed by atoms with Crippen molar-refractivity contribution in [3.05, 3.63) is 46.8 Å². The lowest BCUT2D eigenvalue weighted by Gasteiger charge is -2.28. The van der Waals surface area contributed by atoms with Gasteiger partial charge in [-0.15, -0.1) is 0 Å². The molecule has 1 aliphatic heterocycles. The summed E-state index contributed by atoms with van der Waals surface area (Å²) >= 11 is 0. The average molecular weight is 245 g/mol. The largest absolute Gasteiger partial charge is 0.338 e. The fourth-order valence-electron chi connectivity index (χ4n) is 2.55. The van der Waals surface area contributed by atoms with E-state index >= 15 is 0 Å². The van der Waals surface area contributed by atoms with Crippen molar-refractivity contribution >= 4 is 5.91 Å². The Kier molecular flexibility index (Phi) is 2.90. The number of likely N-dealkylation sites (tertiary alicyclic amines) is 1. The van der Waals surface area contributed by atoms with Crippen LogP contribution in [0.5, 0.6) is 0 Å². The van der Waals surface area contributed by atoms with E-state index in [1.165, 1.54) is 25.0 Å². The van der Waals surface area contributed by atoms with Gasteiger partial charge in [0.05, 0.1) is 0 Å². The summed E-state index contributed by atoms with van der Waals surface area (Å²) < 4.78 is 13.1. The maximum atomic E-state index is 13.1. The standard InChI is InChI=1S/C15H16FNO/c16-14-3-1-2-13(10-14)15(18)17-8-6-12(7-9-17)11-4-5-11/h1-3,10H,4-9H2. The van der Waals surface area contributed by atoms with Crippen molar-refractivity contribution in [3.8, 4) is 0 Å². The van der Waals surface area contributed by atoms with E-state index in [0.717, 1.165) is 25.9 Å². The predicted molar refractivity (Wildman–Crippen MR) is 67.8 cm³/mol. The highest BCUT2D eigenvalue weighted by atomic mass is 19.1. The zero-order valence-electron chi connectivity index (χ0n) is 10.3. The summed E-state index contributed by atoms with van der Waals surface area (Å²) in [6, 6.07) is 5.95. The van der Waals surface area contributed by atoms with Gasteiger partial charge >= 0.3 is 0 Å². The molecule has 0 radical (unpaired) electrons. The number of rotatable bonds is 1. The van der Waals surface area contributed by atoms with Crippen LogP contribution in [0, 0.1) is 5.82 Å². The highest BCUT2D eigenvalue weighted by Crippen LogP contribution is 2.36. The Labute approximate surface area is 106 Å². The molecule has 1 saturated carbocycles. The quantitative estimate of drug-likeness (QED) is 0.696. The first-order valence-electron chi connectivity index (χ1n) is 6.48. The molecule has 0 atom stereocenters. The number of halogens is 1. The summed E-state index contributed by atoms with van der Waals surface area (Å²) in [4.78, 5) is 14.0. The zero-order valence-corrected chi connectivity index (χ0v) is 10.3. The molecule has 0 unspecified atom stereocenters. The van der Waals surface area contributed by atoms with Crippen LogP contribution >= 0.6 is 0 Å². The first kappa shape index (κ1) is 11.5. The molecule has 1 heterocycles. The van der Waals surface area contributed by atoms with Gasteiger partial charge in [-0.2, -0.15) is 0 Å². The average Bonchev–Trinajstić information content (AvgIpc) is 3.22. The molecule has 2 nitrogen and oxygen atoms in total. The molecule has 1 aromatic rings. The van der Waals surface area contributed by atoms with Crippen molar-refractivity contribution in [2.75, 3.05) is 13.1 Å². The number of nitrogens with zero attached hydrogens (tertiary/aromatic N) is 1. The van der Waals surface area contributed by atoms with Gasteiger partial charge < -0.3 is 4.90 Å². The predicted octanol–water partition coefficient (Wildman–Crippen LogP) is 3.15. The van der Waals surface area contributed by atoms with E-state index in [1.54, 1.807) is 23.3 Å². The molecule has 2 fully saturated rings. The Balaban J connectivity index is 1.69. The van der Waals surface area contributed by atoms with Crippen LogP contribution in [0.2, 0.25) is 0 Å². The molecule has 1 amide bonds. The van der Waals surface area contributed by atoms with Crippen molar-refractivity contribution in [2.45, 2.75) is 25.7 Å². The molecule has 1 saturated heterocycles. The smallest absolute Gasteiger partial charge is 0.253 e. The Hall–Kier alpha value is -1.64. The molecule has 94 valence electrons. The van der Waals surface area contributed by atoms with Crippen LogP contribution in [0.1, 0.15) is 36.0 Å². The first-order chi connectivity index (χ1) is 8.74. The van der Waals surface area contributed by atoms with Crippen LogP contribution in [-0.2, 0) is 0 Å². The molecule has 2 aliphatic rings. The van der Waals surface area contributed by atoms with Gasteiger partial charge in [0.15, 0.2) is 0 Å². The molecule has 0 N–H and O–H groups in total. The van der Waals surface area contributed by atoms with E-state index in [1.807, 2.05) is 4.90 Å². The Morgan fingerprint density at radius 3 is 2.33 bits per heavy atom. The normalized spacial score (nSPS) is 19.1. The second kappa shape index (κ2) is 4.56. The maximum absolute atomic E-state index is 13.1. The van der Waals surface area contributed by atoms with Gasteiger partial charge in [0.25, 0.3) is 5.91 Å². The van der Waals surface area contributed by atoms with E-state index in [9.17, 15) is 9.18 Å². The zero-order chi connectivity index (χ0) is 12.5. The number of carbonyl (C=O) groups is 1. The molecule has 0 spiro atoms. The number of carbonyl (C=O) groups excluding carboxylic acids is 1. The molecule has 0 aromatic heterocycles. The second-order valence-electron chi connectivity index (χ2n) is 5.01. The van der Waals surface area contributed by atoms with E-state index in [0.29, 0.717) is 5.56 Å². The van der Waals surface area contributed by atoms with Gasteiger partial charge in [0.2, 0.25) is 0 Å². The Morgan fingerprint density at radius 1 is 1.06 bits per heavy atom. The van der Waals surface area contributed by atoms with Gasteiger partial charge in [-0.3, -0.25) is 4.79 Å². The molecule has 0 bridgehead atoms. The summed E-state index contributed by atoms with van der Waals surface area (Å²) in [5.41, 5.74) is 3.61. The van der Waals surface area contributed by atoms with Crippen LogP contribution in [0.4, 0.5) is 4.39 Å². The van der Waals surface area contributed by atoms with Gasteiger partial charge in [-0.25, -0.2) is 4.39 Å². The van der Waals surface area contributed by atoms with Crippen molar-refractivity contribution in [2.24, 2.45) is 0 Å². The molecular weight excluding hydrogens is 229 g/mol. The molecule has 3 heteroatoms. The van der Waals surface area contributed by atoms with Crippen molar-refractivity contribution in [1.82, 2.24) is 4.90 Å². The minimum Gasteiger partial charge on any atom is -0.338 e. The lowest BCUT2D eigenvalue weighted by molar-refractivity contribution is 0.0743. The summed E-state index contributed by atoms with van der Waals surface area (Å²) in [6.07, 6.45) is 4.51.